The van der Waals surface area contributed by atoms with Crippen molar-refractivity contribution in [3.05, 3.63) is 29.2 Å². The normalized spacial score (nSPS) is 10.4. The lowest BCUT2D eigenvalue weighted by Crippen LogP contribution is -2.24. The Balaban J connectivity index is 2.01. The number of hydrogen-bond donors (Lipinski definition) is 2. The first-order valence-corrected chi connectivity index (χ1v) is 4.74. The van der Waals surface area contributed by atoms with Gasteiger partial charge in [-0.3, -0.25) is 9.89 Å². The van der Waals surface area contributed by atoms with Crippen molar-refractivity contribution in [2.45, 2.75) is 20.4 Å². The van der Waals surface area contributed by atoms with Gasteiger partial charge in [0.2, 0.25) is 5.82 Å². The summed E-state index contributed by atoms with van der Waals surface area (Å²) in [5.74, 6) is 0.583. The van der Waals surface area contributed by atoms with E-state index in [1.807, 2.05) is 6.92 Å². The molecule has 0 aliphatic rings. The molecule has 0 aliphatic heterocycles. The van der Waals surface area contributed by atoms with Gasteiger partial charge in [-0.25, -0.2) is 4.98 Å². The van der Waals surface area contributed by atoms with Crippen molar-refractivity contribution in [1.29, 1.82) is 0 Å². The van der Waals surface area contributed by atoms with Crippen LogP contribution in [0.5, 0.6) is 0 Å². The van der Waals surface area contributed by atoms with Crippen LogP contribution in [0.25, 0.3) is 0 Å². The van der Waals surface area contributed by atoms with Gasteiger partial charge in [-0.2, -0.15) is 5.10 Å². The van der Waals surface area contributed by atoms with E-state index in [1.54, 1.807) is 6.92 Å². The van der Waals surface area contributed by atoms with Crippen molar-refractivity contribution in [2.24, 2.45) is 0 Å². The Morgan fingerprint density at radius 1 is 1.56 bits per heavy atom. The number of amides is 1. The number of rotatable bonds is 3. The molecule has 16 heavy (non-hydrogen) atoms. The Morgan fingerprint density at radius 2 is 2.38 bits per heavy atom. The molecule has 0 radical (unpaired) electrons. The van der Waals surface area contributed by atoms with Crippen LogP contribution in [-0.4, -0.2) is 26.2 Å². The fraction of sp³-hybridized carbons (Fsp3) is 0.333. The smallest absolute Gasteiger partial charge is 0.288 e. The summed E-state index contributed by atoms with van der Waals surface area (Å²) < 4.78 is 4.98. The van der Waals surface area contributed by atoms with Crippen molar-refractivity contribution >= 4 is 5.91 Å². The summed E-state index contributed by atoms with van der Waals surface area (Å²) in [7, 11) is 0. The van der Waals surface area contributed by atoms with Crippen molar-refractivity contribution in [2.75, 3.05) is 0 Å². The standard InChI is InChI=1S/C9H11N5O2/c1-5-7(6(2)16-14-5)3-10-9(15)8-11-4-12-13-8/h4H,3H2,1-2H3,(H,10,15)(H,11,12,13). The van der Waals surface area contributed by atoms with Gasteiger partial charge in [0.15, 0.2) is 0 Å². The molecule has 2 heterocycles. The molecule has 0 bridgehead atoms. The van der Waals surface area contributed by atoms with E-state index in [2.05, 4.69) is 25.7 Å². The van der Waals surface area contributed by atoms with Crippen LogP contribution < -0.4 is 5.32 Å². The van der Waals surface area contributed by atoms with Crippen LogP contribution in [0.2, 0.25) is 0 Å². The summed E-state index contributed by atoms with van der Waals surface area (Å²) in [4.78, 5) is 15.3. The minimum absolute atomic E-state index is 0.187. The van der Waals surface area contributed by atoms with E-state index in [0.29, 0.717) is 12.3 Å². The molecular formula is C9H11N5O2. The number of carbonyl (C=O) groups is 1. The first-order chi connectivity index (χ1) is 7.68. The summed E-state index contributed by atoms with van der Waals surface area (Å²) >= 11 is 0. The molecule has 0 aromatic carbocycles. The lowest BCUT2D eigenvalue weighted by molar-refractivity contribution is 0.0941. The Hall–Kier alpha value is -2.18. The van der Waals surface area contributed by atoms with Crippen LogP contribution in [0.4, 0.5) is 0 Å². The summed E-state index contributed by atoms with van der Waals surface area (Å²) in [5, 5.41) is 12.6. The second-order valence-electron chi connectivity index (χ2n) is 3.32. The predicted molar refractivity (Wildman–Crippen MR) is 53.5 cm³/mol. The monoisotopic (exact) mass is 221 g/mol. The maximum atomic E-state index is 11.5. The molecule has 2 N–H and O–H groups in total. The molecule has 0 unspecified atom stereocenters. The van der Waals surface area contributed by atoms with Crippen molar-refractivity contribution in [1.82, 2.24) is 25.7 Å². The fourth-order valence-corrected chi connectivity index (χ4v) is 1.32. The molecule has 7 heteroatoms. The second kappa shape index (κ2) is 4.13. The summed E-state index contributed by atoms with van der Waals surface area (Å²) in [5.41, 5.74) is 1.66. The SMILES string of the molecule is Cc1noc(C)c1CNC(=O)c1ncn[nH]1. The zero-order chi connectivity index (χ0) is 11.5. The van der Waals surface area contributed by atoms with Crippen molar-refractivity contribution in [3.8, 4) is 0 Å². The predicted octanol–water partition coefficient (Wildman–Crippen LogP) is 0.340. The van der Waals surface area contributed by atoms with E-state index in [4.69, 9.17) is 4.52 Å². The van der Waals surface area contributed by atoms with Crippen LogP contribution >= 0.6 is 0 Å². The Labute approximate surface area is 91.2 Å². The molecule has 84 valence electrons. The fourth-order valence-electron chi connectivity index (χ4n) is 1.32. The number of H-pyrrole nitrogens is 1. The van der Waals surface area contributed by atoms with Gasteiger partial charge >= 0.3 is 0 Å². The van der Waals surface area contributed by atoms with Gasteiger partial charge in [-0.15, -0.1) is 0 Å². The van der Waals surface area contributed by atoms with E-state index >= 15 is 0 Å². The first-order valence-electron chi connectivity index (χ1n) is 4.74. The molecule has 7 nitrogen and oxygen atoms in total. The molecule has 0 fully saturated rings. The molecule has 2 rings (SSSR count). The third kappa shape index (κ3) is 1.92. The minimum Gasteiger partial charge on any atom is -0.361 e. The number of aromatic nitrogens is 4. The third-order valence-electron chi connectivity index (χ3n) is 2.24. The first kappa shape index (κ1) is 10.3. The third-order valence-corrected chi connectivity index (χ3v) is 2.24. The zero-order valence-corrected chi connectivity index (χ0v) is 8.94. The van der Waals surface area contributed by atoms with Gasteiger partial charge in [0.25, 0.3) is 5.91 Å². The zero-order valence-electron chi connectivity index (χ0n) is 8.94. The Bertz CT molecular complexity index is 468. The van der Waals surface area contributed by atoms with E-state index in [0.717, 1.165) is 11.3 Å². The maximum absolute atomic E-state index is 11.5. The van der Waals surface area contributed by atoms with E-state index in [9.17, 15) is 4.79 Å². The van der Waals surface area contributed by atoms with Crippen molar-refractivity contribution < 1.29 is 9.32 Å². The second-order valence-corrected chi connectivity index (χ2v) is 3.32. The molecule has 0 spiro atoms. The highest BCUT2D eigenvalue weighted by atomic mass is 16.5. The Morgan fingerprint density at radius 3 is 2.94 bits per heavy atom. The van der Waals surface area contributed by atoms with E-state index in [1.165, 1.54) is 6.33 Å². The largest absolute Gasteiger partial charge is 0.361 e. The van der Waals surface area contributed by atoms with Gasteiger partial charge < -0.3 is 9.84 Å². The number of aryl methyl sites for hydroxylation is 2. The van der Waals surface area contributed by atoms with Gasteiger partial charge in [-0.05, 0) is 13.8 Å². The average Bonchev–Trinajstić information content (AvgIpc) is 2.87. The topological polar surface area (TPSA) is 96.7 Å². The van der Waals surface area contributed by atoms with Crippen LogP contribution in [0.3, 0.4) is 0 Å². The van der Waals surface area contributed by atoms with Crippen molar-refractivity contribution in [3.63, 3.8) is 0 Å². The van der Waals surface area contributed by atoms with Crippen LogP contribution in [0.15, 0.2) is 10.9 Å². The highest BCUT2D eigenvalue weighted by Gasteiger charge is 2.12. The summed E-state index contributed by atoms with van der Waals surface area (Å²) in [6.45, 7) is 3.99. The quantitative estimate of drug-likeness (QED) is 0.778. The number of aromatic amines is 1. The van der Waals surface area contributed by atoms with Gasteiger partial charge in [0, 0.05) is 12.1 Å². The van der Waals surface area contributed by atoms with E-state index in [-0.39, 0.29) is 11.7 Å². The molecule has 2 aromatic heterocycles. The molecule has 0 saturated heterocycles. The van der Waals surface area contributed by atoms with Crippen LogP contribution in [0.1, 0.15) is 27.6 Å². The minimum atomic E-state index is -0.308. The average molecular weight is 221 g/mol. The number of hydrogen-bond acceptors (Lipinski definition) is 5. The van der Waals surface area contributed by atoms with Gasteiger partial charge in [0.05, 0.1) is 5.69 Å². The number of nitrogens with zero attached hydrogens (tertiary/aromatic N) is 3. The molecule has 0 aliphatic carbocycles. The summed E-state index contributed by atoms with van der Waals surface area (Å²) in [6, 6.07) is 0. The molecule has 2 aromatic rings. The molecular weight excluding hydrogens is 210 g/mol. The lowest BCUT2D eigenvalue weighted by atomic mass is 10.2. The van der Waals surface area contributed by atoms with Gasteiger partial charge in [-0.1, -0.05) is 5.16 Å². The summed E-state index contributed by atoms with van der Waals surface area (Å²) in [6.07, 6.45) is 1.28. The highest BCUT2D eigenvalue weighted by Crippen LogP contribution is 2.11. The van der Waals surface area contributed by atoms with Gasteiger partial charge in [0.1, 0.15) is 12.1 Å². The number of nitrogens with one attached hydrogen (secondary N) is 2. The van der Waals surface area contributed by atoms with Crippen LogP contribution in [-0.2, 0) is 6.54 Å². The lowest BCUT2D eigenvalue weighted by Gasteiger charge is -2.01. The molecule has 1 amide bonds. The molecule has 0 atom stereocenters. The highest BCUT2D eigenvalue weighted by molar-refractivity contribution is 5.90. The Kier molecular flexibility index (Phi) is 2.67. The number of carbonyl (C=O) groups excluding carboxylic acids is 1. The van der Waals surface area contributed by atoms with Crippen LogP contribution in [0, 0.1) is 13.8 Å². The maximum Gasteiger partial charge on any atom is 0.288 e. The van der Waals surface area contributed by atoms with E-state index < -0.39 is 0 Å². The molecule has 0 saturated carbocycles.